The molecule has 0 unspecified atom stereocenters. The van der Waals surface area contributed by atoms with Crippen LogP contribution in [0.15, 0.2) is 11.5 Å². The van der Waals surface area contributed by atoms with E-state index in [0.717, 1.165) is 0 Å². The van der Waals surface area contributed by atoms with Gasteiger partial charge in [-0.1, -0.05) is 13.5 Å². The number of nitriles is 1. The Balaban J connectivity index is 4.63. The Morgan fingerprint density at radius 1 is 1.78 bits per heavy atom. The molecule has 0 aliphatic rings. The van der Waals surface area contributed by atoms with Crippen molar-refractivity contribution in [2.75, 3.05) is 5.75 Å². The van der Waals surface area contributed by atoms with E-state index in [-0.39, 0.29) is 10.7 Å². The van der Waals surface area contributed by atoms with Gasteiger partial charge in [0.25, 0.3) is 0 Å². The van der Waals surface area contributed by atoms with Crippen LogP contribution in [-0.2, 0) is 9.84 Å². The standard InChI is InChI=1S/C5H7NO2S/c1-3-9(7,8)5(2)4-6/h2-3H2,1H3. The minimum Gasteiger partial charge on any atom is -0.223 e. The summed E-state index contributed by atoms with van der Waals surface area (Å²) in [5.41, 5.74) is 0. The highest BCUT2D eigenvalue weighted by Crippen LogP contribution is 2.00. The summed E-state index contributed by atoms with van der Waals surface area (Å²) in [5, 5.41) is 8.07. The fourth-order valence-corrected chi connectivity index (χ4v) is 0.731. The molecule has 0 radical (unpaired) electrons. The molecule has 0 heterocycles. The summed E-state index contributed by atoms with van der Waals surface area (Å²) in [5.74, 6) is -0.0562. The van der Waals surface area contributed by atoms with Gasteiger partial charge in [0.15, 0.2) is 9.84 Å². The Morgan fingerprint density at radius 2 is 2.22 bits per heavy atom. The van der Waals surface area contributed by atoms with Crippen molar-refractivity contribution in [2.45, 2.75) is 6.92 Å². The maximum Gasteiger partial charge on any atom is 0.187 e. The second-order valence-electron chi connectivity index (χ2n) is 1.44. The Labute approximate surface area is 54.5 Å². The quantitative estimate of drug-likeness (QED) is 0.530. The molecule has 0 rings (SSSR count). The molecule has 0 aliphatic carbocycles. The molecule has 3 nitrogen and oxygen atoms in total. The Bertz CT molecular complexity index is 245. The van der Waals surface area contributed by atoms with Gasteiger partial charge < -0.3 is 0 Å². The lowest BCUT2D eigenvalue weighted by atomic mass is 10.7. The van der Waals surface area contributed by atoms with Gasteiger partial charge in [-0.15, -0.1) is 0 Å². The van der Waals surface area contributed by atoms with Crippen LogP contribution in [0.3, 0.4) is 0 Å². The molecule has 0 atom stereocenters. The zero-order chi connectivity index (χ0) is 7.49. The van der Waals surface area contributed by atoms with E-state index in [1.807, 2.05) is 0 Å². The van der Waals surface area contributed by atoms with Crippen LogP contribution in [0.25, 0.3) is 0 Å². The van der Waals surface area contributed by atoms with Crippen molar-refractivity contribution in [1.29, 1.82) is 5.26 Å². The first-order valence-electron chi connectivity index (χ1n) is 2.36. The molecule has 0 bridgehead atoms. The van der Waals surface area contributed by atoms with Crippen molar-refractivity contribution in [3.05, 3.63) is 11.5 Å². The summed E-state index contributed by atoms with van der Waals surface area (Å²) >= 11 is 0. The van der Waals surface area contributed by atoms with Gasteiger partial charge >= 0.3 is 0 Å². The van der Waals surface area contributed by atoms with Crippen molar-refractivity contribution < 1.29 is 8.42 Å². The average molecular weight is 145 g/mol. The highest BCUT2D eigenvalue weighted by atomic mass is 32.2. The maximum atomic E-state index is 10.6. The number of nitrogens with zero attached hydrogens (tertiary/aromatic N) is 1. The summed E-state index contributed by atoms with van der Waals surface area (Å²) < 4.78 is 21.2. The molecular formula is C5H7NO2S. The fraction of sp³-hybridized carbons (Fsp3) is 0.400. The van der Waals surface area contributed by atoms with Crippen molar-refractivity contribution in [1.82, 2.24) is 0 Å². The zero-order valence-corrected chi connectivity index (χ0v) is 5.90. The number of hydrogen-bond donors (Lipinski definition) is 0. The van der Waals surface area contributed by atoms with Crippen LogP contribution >= 0.6 is 0 Å². The van der Waals surface area contributed by atoms with E-state index in [2.05, 4.69) is 6.58 Å². The first kappa shape index (κ1) is 8.18. The number of rotatable bonds is 2. The van der Waals surface area contributed by atoms with E-state index in [4.69, 9.17) is 5.26 Å². The van der Waals surface area contributed by atoms with Crippen LogP contribution in [0, 0.1) is 11.3 Å². The van der Waals surface area contributed by atoms with E-state index in [1.54, 1.807) is 0 Å². The van der Waals surface area contributed by atoms with Crippen molar-refractivity contribution in [2.24, 2.45) is 0 Å². The van der Waals surface area contributed by atoms with Crippen LogP contribution in [0.1, 0.15) is 6.92 Å². The van der Waals surface area contributed by atoms with E-state index >= 15 is 0 Å². The van der Waals surface area contributed by atoms with E-state index in [0.29, 0.717) is 0 Å². The predicted octanol–water partition coefficient (Wildman–Crippen LogP) is 0.458. The summed E-state index contributed by atoms with van der Waals surface area (Å²) in [6, 6.07) is 1.47. The normalized spacial score (nSPS) is 10.2. The largest absolute Gasteiger partial charge is 0.223 e. The third kappa shape index (κ3) is 1.86. The number of allylic oxidation sites excluding steroid dienone is 1. The monoisotopic (exact) mass is 145 g/mol. The van der Waals surface area contributed by atoms with Crippen LogP contribution in [0.5, 0.6) is 0 Å². The lowest BCUT2D eigenvalue weighted by molar-refractivity contribution is 0.604. The van der Waals surface area contributed by atoms with Crippen LogP contribution in [0.2, 0.25) is 0 Å². The smallest absolute Gasteiger partial charge is 0.187 e. The molecule has 0 fully saturated rings. The second kappa shape index (κ2) is 2.65. The highest BCUT2D eigenvalue weighted by Gasteiger charge is 2.10. The minimum absolute atomic E-state index is 0.0562. The van der Waals surface area contributed by atoms with E-state index in [9.17, 15) is 8.42 Å². The van der Waals surface area contributed by atoms with Crippen LogP contribution in [0.4, 0.5) is 0 Å². The molecular weight excluding hydrogens is 138 g/mol. The Hall–Kier alpha value is -0.820. The van der Waals surface area contributed by atoms with Gasteiger partial charge in [0, 0.05) is 0 Å². The molecule has 0 spiro atoms. The molecule has 0 saturated heterocycles. The van der Waals surface area contributed by atoms with Gasteiger partial charge in [0.1, 0.15) is 11.0 Å². The first-order valence-corrected chi connectivity index (χ1v) is 4.01. The van der Waals surface area contributed by atoms with Gasteiger partial charge in [-0.05, 0) is 0 Å². The third-order valence-corrected chi connectivity index (χ3v) is 2.48. The predicted molar refractivity (Wildman–Crippen MR) is 34.2 cm³/mol. The van der Waals surface area contributed by atoms with Gasteiger partial charge in [-0.25, -0.2) is 8.42 Å². The maximum absolute atomic E-state index is 10.6. The molecule has 9 heavy (non-hydrogen) atoms. The highest BCUT2D eigenvalue weighted by molar-refractivity contribution is 7.95. The summed E-state index contributed by atoms with van der Waals surface area (Å²) in [6.07, 6.45) is 0. The van der Waals surface area contributed by atoms with E-state index in [1.165, 1.54) is 13.0 Å². The number of sulfone groups is 1. The molecule has 4 heteroatoms. The van der Waals surface area contributed by atoms with Crippen molar-refractivity contribution in [3.63, 3.8) is 0 Å². The summed E-state index contributed by atoms with van der Waals surface area (Å²) in [6.45, 7) is 4.54. The lowest BCUT2D eigenvalue weighted by Crippen LogP contribution is -2.03. The van der Waals surface area contributed by atoms with Gasteiger partial charge in [0.2, 0.25) is 0 Å². The summed E-state index contributed by atoms with van der Waals surface area (Å²) in [7, 11) is -3.30. The van der Waals surface area contributed by atoms with Crippen LogP contribution in [-0.4, -0.2) is 14.2 Å². The van der Waals surface area contributed by atoms with Crippen molar-refractivity contribution in [3.8, 4) is 6.07 Å². The Morgan fingerprint density at radius 3 is 2.33 bits per heavy atom. The second-order valence-corrected chi connectivity index (χ2v) is 3.74. The van der Waals surface area contributed by atoms with E-state index < -0.39 is 9.84 Å². The number of hydrogen-bond acceptors (Lipinski definition) is 3. The zero-order valence-electron chi connectivity index (χ0n) is 5.09. The molecule has 50 valence electrons. The third-order valence-electron chi connectivity index (χ3n) is 0.880. The SMILES string of the molecule is C=C(C#N)S(=O)(=O)CC. The minimum atomic E-state index is -3.30. The van der Waals surface area contributed by atoms with Crippen molar-refractivity contribution >= 4 is 9.84 Å². The van der Waals surface area contributed by atoms with Gasteiger partial charge in [-0.2, -0.15) is 5.26 Å². The Kier molecular flexibility index (Phi) is 2.41. The van der Waals surface area contributed by atoms with Crippen LogP contribution < -0.4 is 0 Å². The first-order chi connectivity index (χ1) is 4.04. The lowest BCUT2D eigenvalue weighted by Gasteiger charge is -1.91. The average Bonchev–Trinajstić information content (AvgIpc) is 1.86. The molecule has 0 amide bonds. The topological polar surface area (TPSA) is 57.9 Å². The molecule has 0 N–H and O–H groups in total. The molecule has 0 saturated carbocycles. The van der Waals surface area contributed by atoms with Gasteiger partial charge in [-0.3, -0.25) is 0 Å². The summed E-state index contributed by atoms with van der Waals surface area (Å²) in [4.78, 5) is -0.356. The molecule has 0 aliphatic heterocycles. The molecule has 0 aromatic carbocycles. The molecule has 0 aromatic rings. The van der Waals surface area contributed by atoms with Gasteiger partial charge in [0.05, 0.1) is 5.75 Å². The fourth-order valence-electron chi connectivity index (χ4n) is 0.244. The molecule has 0 aromatic heterocycles.